The van der Waals surface area contributed by atoms with Crippen molar-refractivity contribution in [2.75, 3.05) is 0 Å². The second-order valence-electron chi connectivity index (χ2n) is 8.69. The maximum absolute atomic E-state index is 11.8. The van der Waals surface area contributed by atoms with E-state index >= 15 is 0 Å². The molecular formula is C25H44NO6. The highest BCUT2D eigenvalue weighted by Crippen LogP contribution is 2.14. The van der Waals surface area contributed by atoms with E-state index in [0.717, 1.165) is 38.5 Å². The van der Waals surface area contributed by atoms with E-state index in [2.05, 4.69) is 5.32 Å². The second-order valence-corrected chi connectivity index (χ2v) is 8.69. The molecule has 0 saturated heterocycles. The van der Waals surface area contributed by atoms with Crippen LogP contribution in [-0.4, -0.2) is 40.4 Å². The summed E-state index contributed by atoms with van der Waals surface area (Å²) in [4.78, 5) is 43.5. The predicted molar refractivity (Wildman–Crippen MR) is 125 cm³/mol. The Kier molecular flexibility index (Phi) is 20.9. The molecule has 7 heteroatoms. The molecule has 0 spiro atoms. The van der Waals surface area contributed by atoms with Crippen LogP contribution in [0.5, 0.6) is 0 Å². The van der Waals surface area contributed by atoms with Gasteiger partial charge in [0.05, 0.1) is 0 Å². The van der Waals surface area contributed by atoms with Crippen LogP contribution in [-0.2, 0) is 19.2 Å². The van der Waals surface area contributed by atoms with E-state index in [1.54, 1.807) is 6.29 Å². The fraction of sp³-hybridized carbons (Fsp3) is 0.840. The van der Waals surface area contributed by atoms with Crippen LogP contribution in [0.3, 0.4) is 0 Å². The Morgan fingerprint density at radius 2 is 1.00 bits per heavy atom. The monoisotopic (exact) mass is 454 g/mol. The largest absolute Gasteiger partial charge is 0.481 e. The lowest BCUT2D eigenvalue weighted by atomic mass is 10.0. The first-order chi connectivity index (χ1) is 15.5. The molecule has 32 heavy (non-hydrogen) atoms. The zero-order valence-electron chi connectivity index (χ0n) is 19.7. The summed E-state index contributed by atoms with van der Waals surface area (Å²) in [5.74, 6) is -2.06. The molecule has 0 saturated carbocycles. The maximum Gasteiger partial charge on any atom is 0.326 e. The number of carboxylic acid groups (broad SMARTS) is 2. The second kappa shape index (κ2) is 22.3. The van der Waals surface area contributed by atoms with Gasteiger partial charge in [-0.1, -0.05) is 89.9 Å². The van der Waals surface area contributed by atoms with Crippen LogP contribution in [0.1, 0.15) is 128 Å². The van der Waals surface area contributed by atoms with Gasteiger partial charge < -0.3 is 15.5 Å². The average molecular weight is 455 g/mol. The third-order valence-corrected chi connectivity index (χ3v) is 5.71. The topological polar surface area (TPSA) is 121 Å². The molecule has 0 aromatic heterocycles. The molecule has 7 nitrogen and oxygen atoms in total. The summed E-state index contributed by atoms with van der Waals surface area (Å²) in [6.45, 7) is 0. The summed E-state index contributed by atoms with van der Waals surface area (Å²) in [5, 5.41) is 20.1. The van der Waals surface area contributed by atoms with Crippen molar-refractivity contribution in [2.45, 2.75) is 134 Å². The van der Waals surface area contributed by atoms with Gasteiger partial charge in [0.2, 0.25) is 5.91 Å². The normalized spacial score (nSPS) is 11.8. The van der Waals surface area contributed by atoms with Crippen molar-refractivity contribution < 1.29 is 29.4 Å². The molecule has 185 valence electrons. The summed E-state index contributed by atoms with van der Waals surface area (Å²) >= 11 is 0. The van der Waals surface area contributed by atoms with Crippen LogP contribution in [0.25, 0.3) is 0 Å². The van der Waals surface area contributed by atoms with Gasteiger partial charge in [0.15, 0.2) is 6.29 Å². The van der Waals surface area contributed by atoms with E-state index in [9.17, 15) is 19.2 Å². The molecule has 0 aromatic carbocycles. The van der Waals surface area contributed by atoms with Gasteiger partial charge in [-0.05, 0) is 19.3 Å². The number of carbonyl (C=O) groups excluding carboxylic acids is 2. The summed E-state index contributed by atoms with van der Waals surface area (Å²) in [5.41, 5.74) is 0. The van der Waals surface area contributed by atoms with Gasteiger partial charge in [-0.25, -0.2) is 4.79 Å². The van der Waals surface area contributed by atoms with Crippen LogP contribution >= 0.6 is 0 Å². The number of rotatable bonds is 24. The standard InChI is InChI=1S/C25H44NO6/c27-21-17-18-22(25(31)32)26-23(28)19-15-13-11-9-7-5-3-1-2-4-6-8-10-12-14-16-20-24(29)30/h22H,1-20H2,(H,26,28)(H,29,30)(H,31,32). The summed E-state index contributed by atoms with van der Waals surface area (Å²) in [7, 11) is 0. The highest BCUT2D eigenvalue weighted by atomic mass is 16.4. The van der Waals surface area contributed by atoms with Crippen molar-refractivity contribution in [3.8, 4) is 0 Å². The van der Waals surface area contributed by atoms with E-state index in [4.69, 9.17) is 10.2 Å². The van der Waals surface area contributed by atoms with Crippen LogP contribution in [0, 0.1) is 0 Å². The van der Waals surface area contributed by atoms with Gasteiger partial charge in [-0.15, -0.1) is 0 Å². The predicted octanol–water partition coefficient (Wildman–Crippen LogP) is 5.55. The molecule has 0 fully saturated rings. The van der Waals surface area contributed by atoms with E-state index < -0.39 is 18.0 Å². The highest BCUT2D eigenvalue weighted by Gasteiger charge is 2.18. The highest BCUT2D eigenvalue weighted by molar-refractivity contribution is 5.83. The Morgan fingerprint density at radius 1 is 0.625 bits per heavy atom. The molecule has 0 heterocycles. The third kappa shape index (κ3) is 21.3. The Bertz CT molecular complexity index is 509. The number of amides is 1. The molecule has 0 bridgehead atoms. The summed E-state index contributed by atoms with van der Waals surface area (Å²) in [6, 6.07) is -1.00. The van der Waals surface area contributed by atoms with Crippen LogP contribution in [0.2, 0.25) is 0 Å². The SMILES string of the molecule is O=[C]CCC(NC(=O)CCCCCCCCCCCCCCCCCCC(=O)O)C(=O)O. The first-order valence-corrected chi connectivity index (χ1v) is 12.6. The van der Waals surface area contributed by atoms with Crippen molar-refractivity contribution in [1.29, 1.82) is 0 Å². The lowest BCUT2D eigenvalue weighted by Gasteiger charge is -2.12. The molecule has 0 aromatic rings. The molecule has 0 aliphatic heterocycles. The third-order valence-electron chi connectivity index (χ3n) is 5.71. The van der Waals surface area contributed by atoms with Crippen molar-refractivity contribution in [1.82, 2.24) is 5.32 Å². The van der Waals surface area contributed by atoms with Crippen molar-refractivity contribution in [2.24, 2.45) is 0 Å². The minimum Gasteiger partial charge on any atom is -0.481 e. The Hall–Kier alpha value is -1.92. The van der Waals surface area contributed by atoms with E-state index in [1.165, 1.54) is 64.2 Å². The molecular weight excluding hydrogens is 410 g/mol. The van der Waals surface area contributed by atoms with Crippen molar-refractivity contribution >= 4 is 24.1 Å². The van der Waals surface area contributed by atoms with Crippen LogP contribution in [0.4, 0.5) is 0 Å². The van der Waals surface area contributed by atoms with Crippen molar-refractivity contribution in [3.63, 3.8) is 0 Å². The first kappa shape index (κ1) is 30.1. The maximum atomic E-state index is 11.8. The Morgan fingerprint density at radius 3 is 1.34 bits per heavy atom. The van der Waals surface area contributed by atoms with Crippen molar-refractivity contribution in [3.05, 3.63) is 0 Å². The minimum absolute atomic E-state index is 0.00876. The van der Waals surface area contributed by atoms with Gasteiger partial charge >= 0.3 is 11.9 Å². The zero-order chi connectivity index (χ0) is 23.9. The first-order valence-electron chi connectivity index (χ1n) is 12.6. The number of carbonyl (C=O) groups is 3. The van der Waals surface area contributed by atoms with Crippen LogP contribution in [0.15, 0.2) is 0 Å². The molecule has 1 unspecified atom stereocenters. The fourth-order valence-corrected chi connectivity index (χ4v) is 3.76. The molecule has 1 atom stereocenters. The van der Waals surface area contributed by atoms with Gasteiger partial charge in [0.1, 0.15) is 6.04 Å². The summed E-state index contributed by atoms with van der Waals surface area (Å²) in [6.07, 6.45) is 20.8. The van der Waals surface area contributed by atoms with E-state index in [1.807, 2.05) is 0 Å². The number of aliphatic carboxylic acids is 2. The molecule has 0 rings (SSSR count). The molecule has 3 N–H and O–H groups in total. The Balaban J connectivity index is 3.34. The van der Waals surface area contributed by atoms with Crippen LogP contribution < -0.4 is 5.32 Å². The van der Waals surface area contributed by atoms with Gasteiger partial charge in [-0.2, -0.15) is 0 Å². The van der Waals surface area contributed by atoms with E-state index in [0.29, 0.717) is 12.8 Å². The molecule has 1 amide bonds. The lowest BCUT2D eigenvalue weighted by Crippen LogP contribution is -2.40. The minimum atomic E-state index is -1.11. The number of unbranched alkanes of at least 4 members (excludes halogenated alkanes) is 15. The zero-order valence-corrected chi connectivity index (χ0v) is 19.7. The fourth-order valence-electron chi connectivity index (χ4n) is 3.76. The molecule has 0 aliphatic rings. The number of hydrogen-bond acceptors (Lipinski definition) is 4. The number of hydrogen-bond donors (Lipinski definition) is 3. The number of carboxylic acids is 2. The molecule has 0 aliphatic carbocycles. The summed E-state index contributed by atoms with van der Waals surface area (Å²) < 4.78 is 0. The quantitative estimate of drug-likeness (QED) is 0.164. The number of nitrogens with one attached hydrogen (secondary N) is 1. The lowest BCUT2D eigenvalue weighted by molar-refractivity contribution is -0.142. The van der Waals surface area contributed by atoms with Gasteiger partial charge in [-0.3, -0.25) is 14.4 Å². The van der Waals surface area contributed by atoms with E-state index in [-0.39, 0.29) is 18.7 Å². The van der Waals surface area contributed by atoms with Gasteiger partial charge in [0.25, 0.3) is 0 Å². The Labute approximate surface area is 193 Å². The smallest absolute Gasteiger partial charge is 0.326 e. The molecule has 1 radical (unpaired) electrons. The van der Waals surface area contributed by atoms with Gasteiger partial charge in [0, 0.05) is 19.3 Å². The average Bonchev–Trinajstić information content (AvgIpc) is 2.75.